The van der Waals surface area contributed by atoms with Gasteiger partial charge in [-0.15, -0.1) is 5.10 Å². The van der Waals surface area contributed by atoms with Gasteiger partial charge in [-0.2, -0.15) is 10.4 Å². The minimum absolute atomic E-state index is 0.410. The molecule has 1 unspecified atom stereocenters. The molecular weight excluding hydrogens is 288 g/mol. The van der Waals surface area contributed by atoms with E-state index in [1.165, 1.54) is 0 Å². The maximum atomic E-state index is 9.52. The number of nitrogens with one attached hydrogen (secondary N) is 1. The Morgan fingerprint density at radius 1 is 1.17 bits per heavy atom. The molecule has 0 saturated carbocycles. The maximum Gasteiger partial charge on any atom is 0.167 e. The van der Waals surface area contributed by atoms with Gasteiger partial charge >= 0.3 is 0 Å². The van der Waals surface area contributed by atoms with Gasteiger partial charge in [0, 0.05) is 38.8 Å². The van der Waals surface area contributed by atoms with Gasteiger partial charge in [-0.05, 0) is 32.4 Å². The normalized spacial score (nSPS) is 17.7. The molecular formula is C17H28N6. The Morgan fingerprint density at radius 2 is 1.87 bits per heavy atom. The Balaban J connectivity index is 2.04. The Bertz CT molecular complexity index is 557. The highest BCUT2D eigenvalue weighted by molar-refractivity contribution is 5.56. The van der Waals surface area contributed by atoms with Crippen LogP contribution in [0.15, 0.2) is 0 Å². The lowest BCUT2D eigenvalue weighted by Crippen LogP contribution is -2.50. The summed E-state index contributed by atoms with van der Waals surface area (Å²) in [7, 11) is 2.16. The van der Waals surface area contributed by atoms with E-state index in [0.29, 0.717) is 17.4 Å². The van der Waals surface area contributed by atoms with Crippen molar-refractivity contribution in [2.75, 3.05) is 45.1 Å². The highest BCUT2D eigenvalue weighted by Gasteiger charge is 2.20. The number of nitriles is 1. The van der Waals surface area contributed by atoms with Crippen molar-refractivity contribution in [2.45, 2.75) is 39.7 Å². The van der Waals surface area contributed by atoms with E-state index in [1.807, 2.05) is 6.92 Å². The summed E-state index contributed by atoms with van der Waals surface area (Å²) in [5, 5.41) is 21.4. The van der Waals surface area contributed by atoms with E-state index in [-0.39, 0.29) is 0 Å². The first-order valence-corrected chi connectivity index (χ1v) is 8.55. The van der Waals surface area contributed by atoms with Crippen molar-refractivity contribution in [2.24, 2.45) is 0 Å². The second kappa shape index (κ2) is 8.23. The van der Waals surface area contributed by atoms with Gasteiger partial charge in [0.25, 0.3) is 0 Å². The summed E-state index contributed by atoms with van der Waals surface area (Å²) in [4.78, 5) is 4.83. The molecule has 1 aliphatic rings. The Hall–Kier alpha value is -1.71. The summed E-state index contributed by atoms with van der Waals surface area (Å²) in [5.41, 5.74) is 2.62. The molecule has 6 heteroatoms. The zero-order valence-electron chi connectivity index (χ0n) is 14.8. The summed E-state index contributed by atoms with van der Waals surface area (Å²) in [6.45, 7) is 11.5. The van der Waals surface area contributed by atoms with E-state index in [2.05, 4.69) is 52.3 Å². The van der Waals surface area contributed by atoms with E-state index in [0.717, 1.165) is 56.8 Å². The highest BCUT2D eigenvalue weighted by atomic mass is 15.3. The first-order chi connectivity index (χ1) is 11.1. The summed E-state index contributed by atoms with van der Waals surface area (Å²) in [6.07, 6.45) is 1.62. The van der Waals surface area contributed by atoms with Crippen LogP contribution in [0.2, 0.25) is 0 Å². The topological polar surface area (TPSA) is 68.1 Å². The van der Waals surface area contributed by atoms with Gasteiger partial charge in [-0.25, -0.2) is 0 Å². The van der Waals surface area contributed by atoms with Crippen LogP contribution < -0.4 is 5.32 Å². The predicted octanol–water partition coefficient (Wildman–Crippen LogP) is 1.52. The largest absolute Gasteiger partial charge is 0.366 e. The molecule has 0 bridgehead atoms. The lowest BCUT2D eigenvalue weighted by atomic mass is 10.0. The highest BCUT2D eigenvalue weighted by Crippen LogP contribution is 2.20. The molecule has 0 aromatic carbocycles. The van der Waals surface area contributed by atoms with E-state index >= 15 is 0 Å². The van der Waals surface area contributed by atoms with E-state index in [1.54, 1.807) is 0 Å². The number of piperazine rings is 1. The number of nitrogens with zero attached hydrogens (tertiary/aromatic N) is 5. The van der Waals surface area contributed by atoms with Crippen LogP contribution in [0, 0.1) is 11.3 Å². The van der Waals surface area contributed by atoms with Gasteiger partial charge in [0.1, 0.15) is 11.6 Å². The fourth-order valence-electron chi connectivity index (χ4n) is 3.05. The van der Waals surface area contributed by atoms with E-state index in [9.17, 15) is 5.26 Å². The fourth-order valence-corrected chi connectivity index (χ4v) is 3.05. The van der Waals surface area contributed by atoms with Crippen molar-refractivity contribution in [3.8, 4) is 6.07 Å². The molecule has 0 aliphatic carbocycles. The van der Waals surface area contributed by atoms with Crippen LogP contribution in [0.3, 0.4) is 0 Å². The summed E-state index contributed by atoms with van der Waals surface area (Å²) in [5.74, 6) is 0.627. The predicted molar refractivity (Wildman–Crippen MR) is 92.5 cm³/mol. The standard InChI is InChI=1S/C17H28N6/c1-5-14-15(11-18)17(21-20-16(14)6-2)19-12-13(3)23-9-7-22(4)8-10-23/h13H,5-10,12H2,1-4H3,(H,19,21). The van der Waals surface area contributed by atoms with Crippen LogP contribution in [0.5, 0.6) is 0 Å². The molecule has 0 amide bonds. The maximum absolute atomic E-state index is 9.52. The fraction of sp³-hybridized carbons (Fsp3) is 0.706. The van der Waals surface area contributed by atoms with Crippen molar-refractivity contribution in [1.82, 2.24) is 20.0 Å². The van der Waals surface area contributed by atoms with Crippen LogP contribution in [-0.4, -0.2) is 65.8 Å². The lowest BCUT2D eigenvalue weighted by Gasteiger charge is -2.36. The smallest absolute Gasteiger partial charge is 0.167 e. The van der Waals surface area contributed by atoms with Gasteiger partial charge in [0.2, 0.25) is 0 Å². The van der Waals surface area contributed by atoms with Gasteiger partial charge < -0.3 is 10.2 Å². The molecule has 1 aliphatic heterocycles. The third kappa shape index (κ3) is 4.18. The molecule has 126 valence electrons. The van der Waals surface area contributed by atoms with Crippen LogP contribution in [-0.2, 0) is 12.8 Å². The van der Waals surface area contributed by atoms with Gasteiger partial charge in [0.15, 0.2) is 5.82 Å². The SMILES string of the molecule is CCc1nnc(NCC(C)N2CCN(C)CC2)c(C#N)c1CC. The van der Waals surface area contributed by atoms with Crippen LogP contribution >= 0.6 is 0 Å². The quantitative estimate of drug-likeness (QED) is 0.858. The lowest BCUT2D eigenvalue weighted by molar-refractivity contribution is 0.123. The Kier molecular flexibility index (Phi) is 6.31. The van der Waals surface area contributed by atoms with E-state index < -0.39 is 0 Å². The minimum Gasteiger partial charge on any atom is -0.366 e. The molecule has 0 spiro atoms. The number of aryl methyl sites for hydroxylation is 1. The van der Waals surface area contributed by atoms with Gasteiger partial charge in [-0.1, -0.05) is 13.8 Å². The van der Waals surface area contributed by atoms with Crippen LogP contribution in [0.1, 0.15) is 37.6 Å². The van der Waals surface area contributed by atoms with Crippen molar-refractivity contribution in [3.05, 3.63) is 16.8 Å². The average molecular weight is 316 g/mol. The first kappa shape index (κ1) is 17.6. The number of hydrogen-bond donors (Lipinski definition) is 1. The number of anilines is 1. The van der Waals surface area contributed by atoms with Gasteiger partial charge in [-0.3, -0.25) is 4.90 Å². The number of rotatable bonds is 6. The minimum atomic E-state index is 0.410. The summed E-state index contributed by atoms with van der Waals surface area (Å²) in [6, 6.07) is 2.72. The second-order valence-corrected chi connectivity index (χ2v) is 6.24. The van der Waals surface area contributed by atoms with Crippen molar-refractivity contribution >= 4 is 5.82 Å². The molecule has 6 nitrogen and oxygen atoms in total. The number of hydrogen-bond acceptors (Lipinski definition) is 6. The molecule has 1 aromatic heterocycles. The third-order valence-corrected chi connectivity index (χ3v) is 4.68. The average Bonchev–Trinajstić information content (AvgIpc) is 2.59. The summed E-state index contributed by atoms with van der Waals surface area (Å²) >= 11 is 0. The Labute approximate surface area is 139 Å². The van der Waals surface area contributed by atoms with Crippen LogP contribution in [0.25, 0.3) is 0 Å². The first-order valence-electron chi connectivity index (χ1n) is 8.55. The Morgan fingerprint density at radius 3 is 2.43 bits per heavy atom. The molecule has 1 fully saturated rings. The number of likely N-dealkylation sites (N-methyl/N-ethyl adjacent to an activating group) is 1. The third-order valence-electron chi connectivity index (χ3n) is 4.68. The zero-order valence-corrected chi connectivity index (χ0v) is 14.8. The van der Waals surface area contributed by atoms with E-state index in [4.69, 9.17) is 0 Å². The molecule has 1 saturated heterocycles. The summed E-state index contributed by atoms with van der Waals surface area (Å²) < 4.78 is 0. The van der Waals surface area contributed by atoms with Crippen molar-refractivity contribution in [3.63, 3.8) is 0 Å². The monoisotopic (exact) mass is 316 g/mol. The molecule has 23 heavy (non-hydrogen) atoms. The van der Waals surface area contributed by atoms with Crippen molar-refractivity contribution in [1.29, 1.82) is 5.26 Å². The molecule has 0 radical (unpaired) electrons. The second-order valence-electron chi connectivity index (χ2n) is 6.24. The molecule has 2 heterocycles. The molecule has 1 atom stereocenters. The number of aromatic nitrogens is 2. The molecule has 2 rings (SSSR count). The zero-order chi connectivity index (χ0) is 16.8. The molecule has 1 N–H and O–H groups in total. The molecule has 1 aromatic rings. The van der Waals surface area contributed by atoms with Crippen molar-refractivity contribution < 1.29 is 0 Å². The van der Waals surface area contributed by atoms with Crippen LogP contribution in [0.4, 0.5) is 5.82 Å². The van der Waals surface area contributed by atoms with Gasteiger partial charge in [0.05, 0.1) is 5.69 Å².